The molecular formula is C22H24F4N2O2. The maximum atomic E-state index is 14.4. The number of benzene rings is 2. The van der Waals surface area contributed by atoms with E-state index in [4.69, 9.17) is 0 Å². The fraction of sp³-hybridized carbons (Fsp3) is 0.364. The van der Waals surface area contributed by atoms with Gasteiger partial charge in [0.1, 0.15) is 0 Å². The zero-order chi connectivity index (χ0) is 22.7. The van der Waals surface area contributed by atoms with E-state index in [-0.39, 0.29) is 23.2 Å². The van der Waals surface area contributed by atoms with Gasteiger partial charge in [0.15, 0.2) is 0 Å². The smallest absolute Gasteiger partial charge is 0.320 e. The first-order valence-corrected chi connectivity index (χ1v) is 9.46. The third-order valence-corrected chi connectivity index (χ3v) is 4.63. The lowest BCUT2D eigenvalue weighted by Crippen LogP contribution is -2.56. The molecule has 0 fully saturated rings. The Hall–Kier alpha value is -2.90. The Bertz CT molecular complexity index is 851. The van der Waals surface area contributed by atoms with Crippen LogP contribution in [-0.4, -0.2) is 23.7 Å². The van der Waals surface area contributed by atoms with Crippen LogP contribution in [0.4, 0.5) is 28.9 Å². The summed E-state index contributed by atoms with van der Waals surface area (Å²) in [6, 6.07) is 12.1. The number of carbonyl (C=O) groups excluding carboxylic acids is 2. The summed E-state index contributed by atoms with van der Waals surface area (Å²) >= 11 is 0. The first kappa shape index (κ1) is 23.4. The minimum atomic E-state index is -5.27. The molecule has 2 aromatic carbocycles. The molecule has 0 aromatic heterocycles. The Morgan fingerprint density at radius 1 is 0.667 bits per heavy atom. The van der Waals surface area contributed by atoms with Crippen molar-refractivity contribution in [1.82, 2.24) is 0 Å². The average molecular weight is 424 g/mol. The van der Waals surface area contributed by atoms with Crippen molar-refractivity contribution in [2.24, 2.45) is 0 Å². The molecule has 0 heterocycles. The van der Waals surface area contributed by atoms with Gasteiger partial charge in [0.2, 0.25) is 0 Å². The number of rotatable bonds is 7. The van der Waals surface area contributed by atoms with Gasteiger partial charge in [-0.05, 0) is 35.1 Å². The highest BCUT2D eigenvalue weighted by Gasteiger charge is 2.67. The Labute approximate surface area is 172 Å². The maximum Gasteiger partial charge on any atom is 0.396 e. The summed E-state index contributed by atoms with van der Waals surface area (Å²) in [5.74, 6) is -15.3. The molecule has 0 saturated carbocycles. The van der Waals surface area contributed by atoms with Crippen molar-refractivity contribution in [3.63, 3.8) is 0 Å². The number of nitrogens with one attached hydrogen (secondary N) is 2. The van der Waals surface area contributed by atoms with Gasteiger partial charge in [-0.3, -0.25) is 9.59 Å². The van der Waals surface area contributed by atoms with E-state index in [1.54, 1.807) is 52.0 Å². The lowest BCUT2D eigenvalue weighted by molar-refractivity contribution is -0.204. The summed E-state index contributed by atoms with van der Waals surface area (Å²) in [4.78, 5) is 24.1. The summed E-state index contributed by atoms with van der Waals surface area (Å²) < 4.78 is 57.6. The highest BCUT2D eigenvalue weighted by atomic mass is 19.3. The molecule has 0 radical (unpaired) electrons. The molecule has 8 heteroatoms. The van der Waals surface area contributed by atoms with E-state index in [1.165, 1.54) is 24.3 Å². The van der Waals surface area contributed by atoms with Crippen molar-refractivity contribution in [3.05, 3.63) is 59.7 Å². The van der Waals surface area contributed by atoms with Crippen molar-refractivity contribution in [2.45, 2.75) is 51.4 Å². The third-order valence-electron chi connectivity index (χ3n) is 4.63. The number of halogens is 4. The van der Waals surface area contributed by atoms with Gasteiger partial charge in [-0.2, -0.15) is 17.6 Å². The molecule has 0 aliphatic heterocycles. The fourth-order valence-electron chi connectivity index (χ4n) is 2.92. The van der Waals surface area contributed by atoms with Crippen molar-refractivity contribution < 1.29 is 27.2 Å². The Balaban J connectivity index is 2.27. The molecule has 30 heavy (non-hydrogen) atoms. The first-order chi connectivity index (χ1) is 13.9. The minimum Gasteiger partial charge on any atom is -0.320 e. The van der Waals surface area contributed by atoms with Crippen LogP contribution in [0.15, 0.2) is 48.5 Å². The number of hydrogen-bond acceptors (Lipinski definition) is 2. The normalized spacial score (nSPS) is 12.2. The van der Waals surface area contributed by atoms with Crippen molar-refractivity contribution in [3.8, 4) is 0 Å². The second kappa shape index (κ2) is 8.85. The van der Waals surface area contributed by atoms with Crippen LogP contribution < -0.4 is 10.6 Å². The van der Waals surface area contributed by atoms with E-state index in [9.17, 15) is 27.2 Å². The maximum absolute atomic E-state index is 14.4. The van der Waals surface area contributed by atoms with Crippen LogP contribution in [-0.2, 0) is 9.59 Å². The topological polar surface area (TPSA) is 58.2 Å². The zero-order valence-electron chi connectivity index (χ0n) is 17.1. The van der Waals surface area contributed by atoms with Crippen molar-refractivity contribution in [2.75, 3.05) is 10.6 Å². The number of alkyl halides is 4. The Morgan fingerprint density at radius 2 is 0.967 bits per heavy atom. The molecule has 2 N–H and O–H groups in total. The van der Waals surface area contributed by atoms with Crippen LogP contribution in [0.3, 0.4) is 0 Å². The van der Waals surface area contributed by atoms with Crippen LogP contribution in [0, 0.1) is 0 Å². The van der Waals surface area contributed by atoms with Gasteiger partial charge in [-0.25, -0.2) is 0 Å². The standard InChI is InChI=1S/C22H24F4N2O2/c1-13(2)15-9-5-7-11-17(15)27-19(29)21(23,24)22(25,26)20(30)28-18-12-8-6-10-16(18)14(3)4/h5-14H,1-4H3,(H,27,29)(H,28,30). The fourth-order valence-corrected chi connectivity index (χ4v) is 2.92. The van der Waals surface area contributed by atoms with Crippen molar-refractivity contribution >= 4 is 23.2 Å². The molecule has 162 valence electrons. The first-order valence-electron chi connectivity index (χ1n) is 9.46. The van der Waals surface area contributed by atoms with E-state index in [0.717, 1.165) is 0 Å². The average Bonchev–Trinajstić information content (AvgIpc) is 2.68. The summed E-state index contributed by atoms with van der Waals surface area (Å²) in [5.41, 5.74) is 0.970. The number of para-hydroxylation sites is 2. The molecule has 0 spiro atoms. The summed E-state index contributed by atoms with van der Waals surface area (Å²) in [5, 5.41) is 3.68. The molecule has 0 bridgehead atoms. The van der Waals surface area contributed by atoms with E-state index < -0.39 is 23.7 Å². The molecule has 0 aliphatic carbocycles. The predicted molar refractivity (Wildman–Crippen MR) is 108 cm³/mol. The highest BCUT2D eigenvalue weighted by Crippen LogP contribution is 2.37. The van der Waals surface area contributed by atoms with Gasteiger partial charge in [-0.15, -0.1) is 0 Å². The number of carbonyl (C=O) groups is 2. The molecule has 0 atom stereocenters. The Morgan fingerprint density at radius 3 is 1.27 bits per heavy atom. The molecule has 2 amide bonds. The minimum absolute atomic E-state index is 0.0152. The lowest BCUT2D eigenvalue weighted by Gasteiger charge is -2.26. The Kier molecular flexibility index (Phi) is 6.90. The van der Waals surface area contributed by atoms with Gasteiger partial charge in [0.05, 0.1) is 0 Å². The second-order valence-electron chi connectivity index (χ2n) is 7.54. The zero-order valence-corrected chi connectivity index (χ0v) is 17.1. The predicted octanol–water partition coefficient (Wildman–Crippen LogP) is 5.78. The van der Waals surface area contributed by atoms with E-state index in [0.29, 0.717) is 11.1 Å². The molecule has 0 aliphatic rings. The molecule has 0 saturated heterocycles. The quantitative estimate of drug-likeness (QED) is 0.554. The summed E-state index contributed by atoms with van der Waals surface area (Å²) in [7, 11) is 0. The number of hydrogen-bond donors (Lipinski definition) is 2. The molecule has 0 unspecified atom stereocenters. The van der Waals surface area contributed by atoms with Crippen LogP contribution in [0.2, 0.25) is 0 Å². The van der Waals surface area contributed by atoms with Gasteiger partial charge < -0.3 is 10.6 Å². The monoisotopic (exact) mass is 424 g/mol. The lowest BCUT2D eigenvalue weighted by atomic mass is 10.00. The molecule has 2 aromatic rings. The second-order valence-corrected chi connectivity index (χ2v) is 7.54. The van der Waals surface area contributed by atoms with Gasteiger partial charge in [0.25, 0.3) is 0 Å². The third kappa shape index (κ3) is 4.63. The summed E-state index contributed by atoms with van der Waals surface area (Å²) in [6.07, 6.45) is 0. The van der Waals surface area contributed by atoms with Gasteiger partial charge >= 0.3 is 23.7 Å². The SMILES string of the molecule is CC(C)c1ccccc1NC(=O)C(F)(F)C(F)(F)C(=O)Nc1ccccc1C(C)C. The molecule has 2 rings (SSSR count). The number of anilines is 2. The van der Waals surface area contributed by atoms with Crippen LogP contribution in [0.25, 0.3) is 0 Å². The highest BCUT2D eigenvalue weighted by molar-refractivity contribution is 6.06. The van der Waals surface area contributed by atoms with Crippen LogP contribution in [0.5, 0.6) is 0 Å². The van der Waals surface area contributed by atoms with E-state index >= 15 is 0 Å². The molecular weight excluding hydrogens is 400 g/mol. The van der Waals surface area contributed by atoms with Gasteiger partial charge in [-0.1, -0.05) is 64.1 Å². The van der Waals surface area contributed by atoms with Crippen LogP contribution in [0.1, 0.15) is 50.7 Å². The van der Waals surface area contributed by atoms with Gasteiger partial charge in [0, 0.05) is 11.4 Å². The number of amides is 2. The summed E-state index contributed by atoms with van der Waals surface area (Å²) in [6.45, 7) is 7.05. The van der Waals surface area contributed by atoms with E-state index in [2.05, 4.69) is 0 Å². The van der Waals surface area contributed by atoms with Crippen molar-refractivity contribution in [1.29, 1.82) is 0 Å². The van der Waals surface area contributed by atoms with Crippen LogP contribution >= 0.6 is 0 Å². The molecule has 4 nitrogen and oxygen atoms in total. The van der Waals surface area contributed by atoms with E-state index in [1.807, 2.05) is 10.6 Å². The largest absolute Gasteiger partial charge is 0.396 e.